The fraction of sp³-hybridized carbons (Fsp3) is 0.143. The number of aryl methyl sites for hydroxylation is 1. The van der Waals surface area contributed by atoms with Crippen molar-refractivity contribution in [2.45, 2.75) is 6.04 Å². The summed E-state index contributed by atoms with van der Waals surface area (Å²) in [6, 6.07) is 9.75. The minimum absolute atomic E-state index is 0.223. The molecule has 2 aromatic heterocycles. The van der Waals surface area contributed by atoms with Crippen LogP contribution in [0.5, 0.6) is 0 Å². The second kappa shape index (κ2) is 4.23. The van der Waals surface area contributed by atoms with E-state index in [1.807, 2.05) is 48.1 Å². The average Bonchev–Trinajstić information content (AvgIpc) is 2.84. The van der Waals surface area contributed by atoms with Crippen molar-refractivity contribution in [2.24, 2.45) is 12.8 Å². The van der Waals surface area contributed by atoms with Crippen LogP contribution in [0.15, 0.2) is 49.1 Å². The summed E-state index contributed by atoms with van der Waals surface area (Å²) in [6.45, 7) is 0. The van der Waals surface area contributed by atoms with Gasteiger partial charge < -0.3 is 10.3 Å². The summed E-state index contributed by atoms with van der Waals surface area (Å²) in [6.07, 6.45) is 5.50. The largest absolute Gasteiger partial charge is 0.340 e. The van der Waals surface area contributed by atoms with Crippen molar-refractivity contribution in [1.82, 2.24) is 14.5 Å². The lowest BCUT2D eigenvalue weighted by Crippen LogP contribution is -2.13. The lowest BCUT2D eigenvalue weighted by atomic mass is 10.0. The Morgan fingerprint density at radius 2 is 2.00 bits per heavy atom. The maximum Gasteiger partial charge on any atom is 0.0947 e. The molecule has 4 heteroatoms. The third-order valence-corrected chi connectivity index (χ3v) is 3.06. The number of hydrogen-bond donors (Lipinski definition) is 1. The molecule has 0 amide bonds. The van der Waals surface area contributed by atoms with Crippen molar-refractivity contribution in [2.75, 3.05) is 0 Å². The highest BCUT2D eigenvalue weighted by molar-refractivity contribution is 5.82. The summed E-state index contributed by atoms with van der Waals surface area (Å²) in [4.78, 5) is 8.66. The van der Waals surface area contributed by atoms with Crippen molar-refractivity contribution in [3.05, 3.63) is 60.3 Å². The molecule has 0 aliphatic heterocycles. The quantitative estimate of drug-likeness (QED) is 0.743. The van der Waals surface area contributed by atoms with E-state index in [9.17, 15) is 0 Å². The summed E-state index contributed by atoms with van der Waals surface area (Å²) in [7, 11) is 1.94. The van der Waals surface area contributed by atoms with Crippen LogP contribution in [-0.4, -0.2) is 14.5 Å². The number of nitrogens with two attached hydrogens (primary N) is 1. The predicted octanol–water partition coefficient (Wildman–Crippen LogP) is 2.02. The third kappa shape index (κ3) is 1.76. The van der Waals surface area contributed by atoms with Crippen LogP contribution in [0.3, 0.4) is 0 Å². The molecule has 0 radical (unpaired) electrons. The molecule has 2 N–H and O–H groups in total. The average molecular weight is 238 g/mol. The van der Waals surface area contributed by atoms with Crippen molar-refractivity contribution in [1.29, 1.82) is 0 Å². The first-order valence-electron chi connectivity index (χ1n) is 5.83. The van der Waals surface area contributed by atoms with Crippen molar-refractivity contribution < 1.29 is 0 Å². The molecule has 1 unspecified atom stereocenters. The zero-order chi connectivity index (χ0) is 12.5. The minimum Gasteiger partial charge on any atom is -0.340 e. The molecule has 90 valence electrons. The Kier molecular flexibility index (Phi) is 2.57. The molecule has 0 aliphatic rings. The van der Waals surface area contributed by atoms with E-state index in [1.165, 1.54) is 0 Å². The summed E-state index contributed by atoms with van der Waals surface area (Å²) < 4.78 is 1.90. The zero-order valence-electron chi connectivity index (χ0n) is 10.1. The van der Waals surface area contributed by atoms with E-state index in [-0.39, 0.29) is 6.04 Å². The number of hydrogen-bond acceptors (Lipinski definition) is 3. The second-order valence-electron chi connectivity index (χ2n) is 4.36. The minimum atomic E-state index is -0.223. The lowest BCUT2D eigenvalue weighted by Gasteiger charge is -2.12. The summed E-state index contributed by atoms with van der Waals surface area (Å²) in [5, 5.41) is 1.08. The molecule has 0 fully saturated rings. The number of benzene rings is 1. The first-order chi connectivity index (χ1) is 8.75. The number of fused-ring (bicyclic) bond motifs is 1. The van der Waals surface area contributed by atoms with Crippen molar-refractivity contribution in [3.8, 4) is 0 Å². The van der Waals surface area contributed by atoms with E-state index in [0.717, 1.165) is 22.2 Å². The van der Waals surface area contributed by atoms with Gasteiger partial charge in [0.25, 0.3) is 0 Å². The number of para-hydroxylation sites is 1. The number of aromatic nitrogens is 3. The molecule has 4 nitrogen and oxygen atoms in total. The van der Waals surface area contributed by atoms with Crippen LogP contribution >= 0.6 is 0 Å². The van der Waals surface area contributed by atoms with Gasteiger partial charge in [-0.15, -0.1) is 0 Å². The molecular weight excluding hydrogens is 224 g/mol. The van der Waals surface area contributed by atoms with E-state index in [4.69, 9.17) is 5.73 Å². The maximum absolute atomic E-state index is 6.29. The van der Waals surface area contributed by atoms with E-state index < -0.39 is 0 Å². The highest BCUT2D eigenvalue weighted by Crippen LogP contribution is 2.24. The Labute approximate surface area is 105 Å². The van der Waals surface area contributed by atoms with Crippen LogP contribution in [-0.2, 0) is 7.05 Å². The van der Waals surface area contributed by atoms with Crippen molar-refractivity contribution >= 4 is 10.9 Å². The Hall–Kier alpha value is -2.20. The van der Waals surface area contributed by atoms with Gasteiger partial charge in [-0.2, -0.15) is 0 Å². The zero-order valence-corrected chi connectivity index (χ0v) is 10.1. The van der Waals surface area contributed by atoms with Gasteiger partial charge in [-0.3, -0.25) is 4.98 Å². The molecular formula is C14H14N4. The molecule has 18 heavy (non-hydrogen) atoms. The van der Waals surface area contributed by atoms with Crippen LogP contribution in [0.1, 0.15) is 17.3 Å². The van der Waals surface area contributed by atoms with Gasteiger partial charge in [-0.1, -0.05) is 18.2 Å². The predicted molar refractivity (Wildman–Crippen MR) is 71.0 cm³/mol. The normalized spacial score (nSPS) is 12.8. The highest BCUT2D eigenvalue weighted by atomic mass is 15.0. The standard InChI is InChI=1S/C14H14N4/c1-18-8-13(17-9-18)14(15)11-6-7-16-12-5-3-2-4-10(11)12/h2-9,14H,15H2,1H3. The fourth-order valence-electron chi connectivity index (χ4n) is 2.14. The van der Waals surface area contributed by atoms with Gasteiger partial charge in [0.2, 0.25) is 0 Å². The molecule has 0 saturated heterocycles. The molecule has 2 heterocycles. The first-order valence-corrected chi connectivity index (χ1v) is 5.83. The van der Waals surface area contributed by atoms with Crippen LogP contribution < -0.4 is 5.73 Å². The molecule has 3 rings (SSSR count). The van der Waals surface area contributed by atoms with Crippen LogP contribution in [0.2, 0.25) is 0 Å². The maximum atomic E-state index is 6.29. The third-order valence-electron chi connectivity index (χ3n) is 3.06. The highest BCUT2D eigenvalue weighted by Gasteiger charge is 2.14. The summed E-state index contributed by atoms with van der Waals surface area (Å²) in [5.74, 6) is 0. The van der Waals surface area contributed by atoms with Gasteiger partial charge >= 0.3 is 0 Å². The Morgan fingerprint density at radius 3 is 2.78 bits per heavy atom. The smallest absolute Gasteiger partial charge is 0.0947 e. The number of nitrogens with zero attached hydrogens (tertiary/aromatic N) is 3. The van der Waals surface area contributed by atoms with Crippen LogP contribution in [0, 0.1) is 0 Å². The van der Waals surface area contributed by atoms with E-state index >= 15 is 0 Å². The Bertz CT molecular complexity index is 682. The first kappa shape index (κ1) is 10.9. The van der Waals surface area contributed by atoms with Crippen LogP contribution in [0.25, 0.3) is 10.9 Å². The summed E-state index contributed by atoms with van der Waals surface area (Å²) >= 11 is 0. The summed E-state index contributed by atoms with van der Waals surface area (Å²) in [5.41, 5.74) is 9.18. The van der Waals surface area contributed by atoms with Gasteiger partial charge in [-0.05, 0) is 17.7 Å². The van der Waals surface area contributed by atoms with Gasteiger partial charge in [0.15, 0.2) is 0 Å². The number of imidazole rings is 1. The van der Waals surface area contributed by atoms with Gasteiger partial charge in [0, 0.05) is 24.8 Å². The van der Waals surface area contributed by atoms with Crippen LogP contribution in [0.4, 0.5) is 0 Å². The Morgan fingerprint density at radius 1 is 1.17 bits per heavy atom. The van der Waals surface area contributed by atoms with Gasteiger partial charge in [0.1, 0.15) is 0 Å². The van der Waals surface area contributed by atoms with Gasteiger partial charge in [0.05, 0.1) is 23.6 Å². The lowest BCUT2D eigenvalue weighted by molar-refractivity contribution is 0.841. The Balaban J connectivity index is 2.14. The van der Waals surface area contributed by atoms with E-state index in [2.05, 4.69) is 9.97 Å². The molecule has 0 saturated carbocycles. The fourth-order valence-corrected chi connectivity index (χ4v) is 2.14. The topological polar surface area (TPSA) is 56.7 Å². The SMILES string of the molecule is Cn1cnc(C(N)c2ccnc3ccccc23)c1. The van der Waals surface area contributed by atoms with Gasteiger partial charge in [-0.25, -0.2) is 4.98 Å². The molecule has 1 atom stereocenters. The molecule has 1 aromatic carbocycles. The molecule has 0 bridgehead atoms. The van der Waals surface area contributed by atoms with E-state index in [0.29, 0.717) is 0 Å². The second-order valence-corrected chi connectivity index (χ2v) is 4.36. The van der Waals surface area contributed by atoms with E-state index in [1.54, 1.807) is 12.5 Å². The monoisotopic (exact) mass is 238 g/mol. The number of rotatable bonds is 2. The van der Waals surface area contributed by atoms with Crippen molar-refractivity contribution in [3.63, 3.8) is 0 Å². The molecule has 0 aliphatic carbocycles. The molecule has 3 aromatic rings. The number of pyridine rings is 1. The molecule has 0 spiro atoms.